The third-order valence-electron chi connectivity index (χ3n) is 4.16. The number of anilines is 1. The van der Waals surface area contributed by atoms with Crippen molar-refractivity contribution in [3.8, 4) is 5.75 Å². The number of rotatable bonds is 4. The number of methoxy groups -OCH3 is 1. The van der Waals surface area contributed by atoms with Gasteiger partial charge < -0.3 is 15.0 Å². The van der Waals surface area contributed by atoms with Gasteiger partial charge in [-0.3, -0.25) is 0 Å². The number of benzene rings is 2. The highest BCUT2D eigenvalue weighted by atomic mass is 16.5. The summed E-state index contributed by atoms with van der Waals surface area (Å²) < 4.78 is 5.22. The minimum atomic E-state index is 0.898. The van der Waals surface area contributed by atoms with Crippen LogP contribution in [0.1, 0.15) is 16.7 Å². The second kappa shape index (κ2) is 6.19. The molecule has 1 aliphatic rings. The maximum atomic E-state index is 5.22. The first-order valence-electron chi connectivity index (χ1n) is 7.43. The molecule has 0 unspecified atom stereocenters. The first kappa shape index (κ1) is 14.0. The molecule has 3 nitrogen and oxygen atoms in total. The van der Waals surface area contributed by atoms with E-state index in [1.165, 1.54) is 22.4 Å². The molecule has 2 aromatic rings. The van der Waals surface area contributed by atoms with Crippen molar-refractivity contribution in [2.24, 2.45) is 0 Å². The van der Waals surface area contributed by atoms with Crippen LogP contribution in [0.2, 0.25) is 0 Å². The molecule has 0 saturated carbocycles. The predicted octanol–water partition coefficient (Wildman–Crippen LogP) is 2.98. The third kappa shape index (κ3) is 3.03. The van der Waals surface area contributed by atoms with Gasteiger partial charge in [0.2, 0.25) is 0 Å². The SMILES string of the molecule is COc1ccc(N(C)Cc2cccc3c2CCNC3)cc1. The second-order valence-corrected chi connectivity index (χ2v) is 5.54. The van der Waals surface area contributed by atoms with E-state index < -0.39 is 0 Å². The lowest BCUT2D eigenvalue weighted by Crippen LogP contribution is -2.26. The monoisotopic (exact) mass is 282 g/mol. The topological polar surface area (TPSA) is 24.5 Å². The minimum Gasteiger partial charge on any atom is -0.497 e. The molecule has 1 N–H and O–H groups in total. The average Bonchev–Trinajstić information content (AvgIpc) is 2.55. The van der Waals surface area contributed by atoms with Gasteiger partial charge in [-0.05, 0) is 53.9 Å². The van der Waals surface area contributed by atoms with E-state index in [2.05, 4.69) is 47.6 Å². The average molecular weight is 282 g/mol. The van der Waals surface area contributed by atoms with Gasteiger partial charge in [0.1, 0.15) is 5.75 Å². The maximum Gasteiger partial charge on any atom is 0.119 e. The van der Waals surface area contributed by atoms with Crippen molar-refractivity contribution < 1.29 is 4.74 Å². The first-order valence-corrected chi connectivity index (χ1v) is 7.43. The number of nitrogens with one attached hydrogen (secondary N) is 1. The lowest BCUT2D eigenvalue weighted by molar-refractivity contribution is 0.415. The van der Waals surface area contributed by atoms with E-state index in [9.17, 15) is 0 Å². The molecule has 3 rings (SSSR count). The van der Waals surface area contributed by atoms with E-state index in [1.54, 1.807) is 7.11 Å². The molecule has 3 heteroatoms. The molecule has 0 atom stereocenters. The van der Waals surface area contributed by atoms with Crippen molar-refractivity contribution in [3.63, 3.8) is 0 Å². The van der Waals surface area contributed by atoms with E-state index in [0.29, 0.717) is 0 Å². The molecule has 110 valence electrons. The van der Waals surface area contributed by atoms with E-state index >= 15 is 0 Å². The van der Waals surface area contributed by atoms with Gasteiger partial charge in [0, 0.05) is 25.8 Å². The van der Waals surface area contributed by atoms with Gasteiger partial charge >= 0.3 is 0 Å². The molecule has 0 aliphatic carbocycles. The summed E-state index contributed by atoms with van der Waals surface area (Å²) >= 11 is 0. The van der Waals surface area contributed by atoms with Crippen LogP contribution in [0.25, 0.3) is 0 Å². The largest absolute Gasteiger partial charge is 0.497 e. The van der Waals surface area contributed by atoms with E-state index in [4.69, 9.17) is 4.74 Å². The minimum absolute atomic E-state index is 0.898. The van der Waals surface area contributed by atoms with Gasteiger partial charge in [0.25, 0.3) is 0 Å². The van der Waals surface area contributed by atoms with E-state index in [0.717, 1.165) is 31.8 Å². The Hall–Kier alpha value is -2.00. The molecule has 0 aromatic heterocycles. The zero-order chi connectivity index (χ0) is 14.7. The van der Waals surface area contributed by atoms with Crippen LogP contribution in [-0.2, 0) is 19.5 Å². The Morgan fingerprint density at radius 1 is 1.14 bits per heavy atom. The third-order valence-corrected chi connectivity index (χ3v) is 4.16. The highest BCUT2D eigenvalue weighted by molar-refractivity contribution is 5.50. The van der Waals surface area contributed by atoms with Crippen LogP contribution in [0.5, 0.6) is 5.75 Å². The van der Waals surface area contributed by atoms with Gasteiger partial charge in [0.05, 0.1) is 7.11 Å². The summed E-state index contributed by atoms with van der Waals surface area (Å²) in [5.41, 5.74) is 5.62. The summed E-state index contributed by atoms with van der Waals surface area (Å²) in [7, 11) is 3.84. The summed E-state index contributed by atoms with van der Waals surface area (Å²) in [6, 6.07) is 14.9. The summed E-state index contributed by atoms with van der Waals surface area (Å²) in [5.74, 6) is 0.898. The number of hydrogen-bond acceptors (Lipinski definition) is 3. The number of fused-ring (bicyclic) bond motifs is 1. The molecule has 21 heavy (non-hydrogen) atoms. The lowest BCUT2D eigenvalue weighted by atomic mass is 9.95. The zero-order valence-electron chi connectivity index (χ0n) is 12.7. The molecule has 2 aromatic carbocycles. The fourth-order valence-corrected chi connectivity index (χ4v) is 2.94. The summed E-state index contributed by atoms with van der Waals surface area (Å²) in [6.45, 7) is 3.02. The molecule has 0 spiro atoms. The Balaban J connectivity index is 1.79. The second-order valence-electron chi connectivity index (χ2n) is 5.54. The van der Waals surface area contributed by atoms with Crippen LogP contribution >= 0.6 is 0 Å². The van der Waals surface area contributed by atoms with Crippen molar-refractivity contribution in [3.05, 3.63) is 59.2 Å². The van der Waals surface area contributed by atoms with Crippen LogP contribution in [0, 0.1) is 0 Å². The van der Waals surface area contributed by atoms with Crippen molar-refractivity contribution >= 4 is 5.69 Å². The van der Waals surface area contributed by atoms with Crippen molar-refractivity contribution in [1.29, 1.82) is 0 Å². The maximum absolute atomic E-state index is 5.22. The molecule has 0 radical (unpaired) electrons. The number of ether oxygens (including phenoxy) is 1. The first-order chi connectivity index (χ1) is 10.3. The molecule has 0 amide bonds. The van der Waals surface area contributed by atoms with Crippen LogP contribution < -0.4 is 15.0 Å². The van der Waals surface area contributed by atoms with Crippen molar-refractivity contribution in [2.75, 3.05) is 25.6 Å². The smallest absolute Gasteiger partial charge is 0.119 e. The van der Waals surface area contributed by atoms with Crippen molar-refractivity contribution in [1.82, 2.24) is 5.32 Å². The fraction of sp³-hybridized carbons (Fsp3) is 0.333. The number of nitrogens with zero attached hydrogens (tertiary/aromatic N) is 1. The molecule has 1 aliphatic heterocycles. The zero-order valence-corrected chi connectivity index (χ0v) is 12.7. The Bertz CT molecular complexity index is 607. The standard InChI is InChI=1S/C18H22N2O/c1-20(16-6-8-17(21-2)9-7-16)13-15-5-3-4-14-12-19-11-10-18(14)15/h3-9,19H,10-13H2,1-2H3. The summed E-state index contributed by atoms with van der Waals surface area (Å²) in [6.07, 6.45) is 1.13. The lowest BCUT2D eigenvalue weighted by Gasteiger charge is -2.25. The van der Waals surface area contributed by atoms with Gasteiger partial charge in [-0.15, -0.1) is 0 Å². The molecule has 0 bridgehead atoms. The highest BCUT2D eigenvalue weighted by Gasteiger charge is 2.13. The molecular weight excluding hydrogens is 260 g/mol. The van der Waals surface area contributed by atoms with E-state index in [-0.39, 0.29) is 0 Å². The van der Waals surface area contributed by atoms with Crippen LogP contribution in [-0.4, -0.2) is 20.7 Å². The van der Waals surface area contributed by atoms with Gasteiger partial charge in [-0.1, -0.05) is 18.2 Å². The van der Waals surface area contributed by atoms with Gasteiger partial charge in [-0.2, -0.15) is 0 Å². The molecule has 0 saturated heterocycles. The number of hydrogen-bond donors (Lipinski definition) is 1. The van der Waals surface area contributed by atoms with Crippen LogP contribution in [0.3, 0.4) is 0 Å². The Kier molecular flexibility index (Phi) is 4.11. The highest BCUT2D eigenvalue weighted by Crippen LogP contribution is 2.23. The van der Waals surface area contributed by atoms with Gasteiger partial charge in [-0.25, -0.2) is 0 Å². The van der Waals surface area contributed by atoms with Crippen molar-refractivity contribution in [2.45, 2.75) is 19.5 Å². The Morgan fingerprint density at radius 2 is 1.95 bits per heavy atom. The van der Waals surface area contributed by atoms with Gasteiger partial charge in [0.15, 0.2) is 0 Å². The van der Waals surface area contributed by atoms with Crippen LogP contribution in [0.4, 0.5) is 5.69 Å². The predicted molar refractivity (Wildman–Crippen MR) is 87.0 cm³/mol. The quantitative estimate of drug-likeness (QED) is 0.933. The fourth-order valence-electron chi connectivity index (χ4n) is 2.94. The van der Waals surface area contributed by atoms with E-state index in [1.807, 2.05) is 12.1 Å². The molecule has 0 fully saturated rings. The molecular formula is C18H22N2O. The Morgan fingerprint density at radius 3 is 2.71 bits per heavy atom. The summed E-state index contributed by atoms with van der Waals surface area (Å²) in [4.78, 5) is 2.29. The molecule has 1 heterocycles. The Labute approximate surface area is 126 Å². The van der Waals surface area contributed by atoms with Crippen LogP contribution in [0.15, 0.2) is 42.5 Å². The normalized spacial score (nSPS) is 13.6. The summed E-state index contributed by atoms with van der Waals surface area (Å²) in [5, 5.41) is 3.44.